The van der Waals surface area contributed by atoms with E-state index in [0.717, 1.165) is 50.4 Å². The standard InChI is InChI=1S/C16H27N3O8S3.2K/c1-29(21,22)18-16-10-13(11-5-3-2-4-6-11)17-19(16)14-9-12(28-27-26-20)7-8-15(14)30(23,24)25;;/h10-12,14-15,18,20H,2-9H2,1H3,(H,23,24,25);;/q;2*+1/p-2. The van der Waals surface area contributed by atoms with Crippen molar-refractivity contribution in [3.63, 3.8) is 0 Å². The summed E-state index contributed by atoms with van der Waals surface area (Å²) in [5.41, 5.74) is 0.678. The van der Waals surface area contributed by atoms with Gasteiger partial charge in [-0.2, -0.15) is 9.43 Å². The number of hydrogen-bond acceptors (Lipinski definition) is 10. The summed E-state index contributed by atoms with van der Waals surface area (Å²) in [4.78, 5) is 0. The number of aromatic nitrogens is 2. The van der Waals surface area contributed by atoms with Crippen LogP contribution in [-0.2, 0) is 29.5 Å². The number of hydrogen-bond donors (Lipinski definition) is 1. The zero-order valence-corrected chi connectivity index (χ0v) is 27.1. The smallest absolute Gasteiger partial charge is 0.748 e. The Kier molecular flexibility index (Phi) is 14.5. The molecule has 1 aromatic rings. The average Bonchev–Trinajstić information content (AvgIpc) is 3.08. The molecule has 0 spiro atoms. The van der Waals surface area contributed by atoms with Gasteiger partial charge >= 0.3 is 103 Å². The number of nitrogens with zero attached hydrogens (tertiary/aromatic N) is 2. The van der Waals surface area contributed by atoms with E-state index in [1.165, 1.54) is 4.68 Å². The molecule has 1 aromatic heterocycles. The first-order chi connectivity index (χ1) is 14.1. The molecular formula is C16H25K2N3O8S3. The maximum Gasteiger partial charge on any atom is 1.00 e. The van der Waals surface area contributed by atoms with Crippen molar-refractivity contribution in [3.8, 4) is 0 Å². The summed E-state index contributed by atoms with van der Waals surface area (Å²) in [7, 11) is -8.34. The second kappa shape index (κ2) is 14.3. The summed E-state index contributed by atoms with van der Waals surface area (Å²) in [6.45, 7) is 0. The van der Waals surface area contributed by atoms with Crippen LogP contribution in [0, 0.1) is 0 Å². The number of nitrogens with one attached hydrogen (secondary N) is 1. The fourth-order valence-corrected chi connectivity index (χ4v) is 6.58. The summed E-state index contributed by atoms with van der Waals surface area (Å²) < 4.78 is 67.7. The Balaban J connectivity index is 0.00000256. The molecule has 2 fully saturated rings. The van der Waals surface area contributed by atoms with Gasteiger partial charge in [0.2, 0.25) is 10.0 Å². The van der Waals surface area contributed by atoms with Gasteiger partial charge < -0.3 is 9.81 Å². The van der Waals surface area contributed by atoms with E-state index in [9.17, 15) is 26.6 Å². The molecule has 0 amide bonds. The van der Waals surface area contributed by atoms with Crippen LogP contribution in [0.15, 0.2) is 6.07 Å². The minimum Gasteiger partial charge on any atom is -0.748 e. The molecule has 3 atom stereocenters. The summed E-state index contributed by atoms with van der Waals surface area (Å²) in [6, 6.07) is 0.718. The molecule has 1 heterocycles. The van der Waals surface area contributed by atoms with Crippen LogP contribution in [-0.4, -0.2) is 47.9 Å². The predicted molar refractivity (Wildman–Crippen MR) is 106 cm³/mol. The largest absolute Gasteiger partial charge is 1.00 e. The third-order valence-electron chi connectivity index (χ3n) is 5.66. The average molecular weight is 562 g/mol. The normalized spacial score (nSPS) is 24.9. The van der Waals surface area contributed by atoms with E-state index in [4.69, 9.17) is 0 Å². The minimum atomic E-state index is -4.67. The molecule has 2 aliphatic rings. The van der Waals surface area contributed by atoms with Gasteiger partial charge in [-0.25, -0.2) is 21.5 Å². The molecule has 1 N–H and O–H groups in total. The van der Waals surface area contributed by atoms with Gasteiger partial charge in [-0.05, 0) is 32.1 Å². The second-order valence-corrected chi connectivity index (χ2v) is 12.2. The van der Waals surface area contributed by atoms with Gasteiger partial charge in [0.25, 0.3) is 0 Å². The van der Waals surface area contributed by atoms with E-state index in [1.807, 2.05) is 0 Å². The fraction of sp³-hybridized carbons (Fsp3) is 0.812. The molecule has 16 heteroatoms. The van der Waals surface area contributed by atoms with Gasteiger partial charge in [0, 0.05) is 29.3 Å². The van der Waals surface area contributed by atoms with E-state index >= 15 is 0 Å². The Morgan fingerprint density at radius 2 is 1.78 bits per heavy atom. The maximum absolute atomic E-state index is 11.9. The molecule has 3 unspecified atom stereocenters. The van der Waals surface area contributed by atoms with Gasteiger partial charge in [0.15, 0.2) is 0 Å². The Hall–Kier alpha value is 2.37. The SMILES string of the molecule is CS(=O)(=O)Nc1cc(C2CCCCC2)nn1C1CC(SOO[O-])CCC1S(=O)(=O)[O-].[K+].[K+]. The number of rotatable bonds is 8. The van der Waals surface area contributed by atoms with Crippen molar-refractivity contribution in [1.29, 1.82) is 0 Å². The molecular weight excluding hydrogens is 537 g/mol. The van der Waals surface area contributed by atoms with Crippen LogP contribution >= 0.6 is 12.0 Å². The zero-order chi connectivity index (χ0) is 21.9. The first-order valence-electron chi connectivity index (χ1n) is 9.72. The van der Waals surface area contributed by atoms with Gasteiger partial charge in [-0.1, -0.05) is 19.3 Å². The zero-order valence-electron chi connectivity index (χ0n) is 18.4. The van der Waals surface area contributed by atoms with Crippen LogP contribution in [0.5, 0.6) is 0 Å². The molecule has 2 aliphatic carbocycles. The third kappa shape index (κ3) is 9.35. The van der Waals surface area contributed by atoms with Crippen molar-refractivity contribution in [2.24, 2.45) is 0 Å². The van der Waals surface area contributed by atoms with Crippen molar-refractivity contribution in [1.82, 2.24) is 9.78 Å². The van der Waals surface area contributed by atoms with Crippen LogP contribution in [0.3, 0.4) is 0 Å². The molecule has 0 radical (unpaired) electrons. The van der Waals surface area contributed by atoms with Crippen LogP contribution < -0.4 is 113 Å². The van der Waals surface area contributed by atoms with E-state index in [1.54, 1.807) is 6.07 Å². The molecule has 3 rings (SSSR count). The molecule has 0 saturated heterocycles. The summed E-state index contributed by atoms with van der Waals surface area (Å²) in [5, 5.41) is 16.5. The summed E-state index contributed by atoms with van der Waals surface area (Å²) >= 11 is 0.751. The third-order valence-corrected chi connectivity index (χ3v) is 8.37. The van der Waals surface area contributed by atoms with E-state index in [0.29, 0.717) is 12.1 Å². The summed E-state index contributed by atoms with van der Waals surface area (Å²) in [6.07, 6.45) is 6.53. The minimum absolute atomic E-state index is 0. The number of anilines is 1. The van der Waals surface area contributed by atoms with Crippen molar-refractivity contribution in [3.05, 3.63) is 11.8 Å². The van der Waals surface area contributed by atoms with Gasteiger partial charge in [-0.15, -0.1) is 0 Å². The van der Waals surface area contributed by atoms with E-state index < -0.39 is 31.4 Å². The topological polar surface area (TPSA) is 163 Å². The van der Waals surface area contributed by atoms with Crippen molar-refractivity contribution in [2.75, 3.05) is 11.0 Å². The maximum atomic E-state index is 11.9. The van der Waals surface area contributed by atoms with E-state index in [-0.39, 0.29) is 133 Å². The molecule has 0 aliphatic heterocycles. The van der Waals surface area contributed by atoms with Crippen molar-refractivity contribution in [2.45, 2.75) is 73.8 Å². The Morgan fingerprint density at radius 3 is 2.34 bits per heavy atom. The predicted octanol–water partition coefficient (Wildman–Crippen LogP) is -4.81. The Labute approximate surface area is 278 Å². The van der Waals surface area contributed by atoms with Gasteiger partial charge in [0.1, 0.15) is 5.82 Å². The molecule has 2 saturated carbocycles. The van der Waals surface area contributed by atoms with Crippen LogP contribution in [0.2, 0.25) is 0 Å². The second-order valence-electron chi connectivity index (χ2n) is 7.87. The van der Waals surface area contributed by atoms with Crippen LogP contribution in [0.25, 0.3) is 0 Å². The van der Waals surface area contributed by atoms with Gasteiger partial charge in [-0.3, -0.25) is 9.76 Å². The first-order valence-corrected chi connectivity index (χ1v) is 13.9. The molecule has 32 heavy (non-hydrogen) atoms. The molecule has 0 bridgehead atoms. The van der Waals surface area contributed by atoms with Crippen LogP contribution in [0.4, 0.5) is 5.82 Å². The van der Waals surface area contributed by atoms with Crippen LogP contribution in [0.1, 0.15) is 69.0 Å². The molecule has 11 nitrogen and oxygen atoms in total. The number of sulfonamides is 1. The van der Waals surface area contributed by atoms with Gasteiger partial charge in [0.05, 0.1) is 33.4 Å². The monoisotopic (exact) mass is 561 g/mol. The van der Waals surface area contributed by atoms with E-state index in [2.05, 4.69) is 19.2 Å². The van der Waals surface area contributed by atoms with Crippen molar-refractivity contribution >= 4 is 38.0 Å². The van der Waals surface area contributed by atoms with Crippen molar-refractivity contribution < 1.29 is 139 Å². The molecule has 172 valence electrons. The summed E-state index contributed by atoms with van der Waals surface area (Å²) in [5.74, 6) is 0.275. The fourth-order valence-electron chi connectivity index (χ4n) is 4.36. The first kappa shape index (κ1) is 32.4. The molecule has 0 aromatic carbocycles. The quantitative estimate of drug-likeness (QED) is 0.107. The Bertz CT molecular complexity index is 938. The Morgan fingerprint density at radius 1 is 1.12 bits per heavy atom.